The highest BCUT2D eigenvalue weighted by atomic mass is 79.9. The monoisotopic (exact) mass is 475 g/mol. The zero-order chi connectivity index (χ0) is 20.3. The van der Waals surface area contributed by atoms with Gasteiger partial charge in [-0.25, -0.2) is 4.98 Å². The second kappa shape index (κ2) is 9.28. The van der Waals surface area contributed by atoms with Gasteiger partial charge in [-0.05, 0) is 17.7 Å². The van der Waals surface area contributed by atoms with Gasteiger partial charge in [0.05, 0.1) is 10.6 Å². The Morgan fingerprint density at radius 2 is 1.72 bits per heavy atom. The molecule has 1 amide bonds. The third kappa shape index (κ3) is 5.71. The van der Waals surface area contributed by atoms with Crippen LogP contribution < -0.4 is 5.32 Å². The Hall–Kier alpha value is -2.58. The zero-order valence-corrected chi connectivity index (χ0v) is 18.9. The number of halogens is 1. The maximum atomic E-state index is 12.5. The molecule has 0 radical (unpaired) electrons. The van der Waals surface area contributed by atoms with Gasteiger partial charge in [0, 0.05) is 34.4 Å². The van der Waals surface area contributed by atoms with Crippen LogP contribution in [0.2, 0.25) is 0 Å². The minimum absolute atomic E-state index is 0. The van der Waals surface area contributed by atoms with Crippen molar-refractivity contribution in [3.8, 4) is 0 Å². The number of non-ortho nitro benzene ring substituents is 1. The number of thiazole rings is 1. The van der Waals surface area contributed by atoms with E-state index in [9.17, 15) is 14.9 Å². The standard InChI is InChI=1S/C21H21N3O3S.BrH/c1-21(2,3)18-17(13-14-7-5-4-6-8-14)28-20(22-18)23-19(25)15-9-11-16(12-10-15)24(26)27;/h4-12H,13H2,1-3H3,(H,22,23,25);1H. The van der Waals surface area contributed by atoms with Crippen LogP contribution in [-0.2, 0) is 11.8 Å². The summed E-state index contributed by atoms with van der Waals surface area (Å²) >= 11 is 1.46. The summed E-state index contributed by atoms with van der Waals surface area (Å²) in [6.45, 7) is 6.29. The Morgan fingerprint density at radius 3 is 2.28 bits per heavy atom. The van der Waals surface area contributed by atoms with Crippen molar-refractivity contribution in [3.63, 3.8) is 0 Å². The van der Waals surface area contributed by atoms with Crippen molar-refractivity contribution in [2.45, 2.75) is 32.6 Å². The number of anilines is 1. The third-order valence-corrected chi connectivity index (χ3v) is 5.15. The van der Waals surface area contributed by atoms with Crippen molar-refractivity contribution in [1.29, 1.82) is 0 Å². The van der Waals surface area contributed by atoms with E-state index < -0.39 is 4.92 Å². The highest BCUT2D eigenvalue weighted by Crippen LogP contribution is 2.34. The van der Waals surface area contributed by atoms with Gasteiger partial charge in [-0.15, -0.1) is 28.3 Å². The lowest BCUT2D eigenvalue weighted by Crippen LogP contribution is -2.15. The molecule has 1 aromatic heterocycles. The fourth-order valence-electron chi connectivity index (χ4n) is 2.80. The normalized spacial score (nSPS) is 10.9. The van der Waals surface area contributed by atoms with E-state index in [1.165, 1.54) is 41.2 Å². The first-order valence-corrected chi connectivity index (χ1v) is 9.65. The van der Waals surface area contributed by atoms with E-state index in [1.54, 1.807) is 0 Å². The molecular formula is C21H22BrN3O3S. The van der Waals surface area contributed by atoms with E-state index in [2.05, 4.69) is 43.2 Å². The highest BCUT2D eigenvalue weighted by molar-refractivity contribution is 8.93. The van der Waals surface area contributed by atoms with Gasteiger partial charge in [-0.2, -0.15) is 0 Å². The number of amides is 1. The molecule has 29 heavy (non-hydrogen) atoms. The summed E-state index contributed by atoms with van der Waals surface area (Å²) in [5, 5.41) is 14.1. The number of carbonyl (C=O) groups excluding carboxylic acids is 1. The molecule has 0 unspecified atom stereocenters. The first-order valence-electron chi connectivity index (χ1n) is 8.84. The molecule has 0 aliphatic heterocycles. The van der Waals surface area contributed by atoms with Gasteiger partial charge in [0.1, 0.15) is 0 Å². The minimum Gasteiger partial charge on any atom is -0.298 e. The number of nitro benzene ring substituents is 1. The quantitative estimate of drug-likeness (QED) is 0.374. The molecule has 0 aliphatic rings. The number of hydrogen-bond donors (Lipinski definition) is 1. The average Bonchev–Trinajstić information content (AvgIpc) is 3.05. The molecule has 3 aromatic rings. The van der Waals surface area contributed by atoms with Crippen LogP contribution in [0.25, 0.3) is 0 Å². The van der Waals surface area contributed by atoms with Crippen molar-refractivity contribution >= 4 is 45.0 Å². The van der Waals surface area contributed by atoms with Gasteiger partial charge in [-0.1, -0.05) is 51.1 Å². The molecule has 0 aliphatic carbocycles. The Labute approximate surface area is 183 Å². The van der Waals surface area contributed by atoms with Crippen LogP contribution in [0.4, 0.5) is 10.8 Å². The second-order valence-electron chi connectivity index (χ2n) is 7.46. The molecule has 8 heteroatoms. The number of benzene rings is 2. The second-order valence-corrected chi connectivity index (χ2v) is 8.54. The van der Waals surface area contributed by atoms with E-state index in [0.717, 1.165) is 17.0 Å². The maximum Gasteiger partial charge on any atom is 0.269 e. The predicted molar refractivity (Wildman–Crippen MR) is 121 cm³/mol. The molecule has 0 spiro atoms. The summed E-state index contributed by atoms with van der Waals surface area (Å²) in [6.07, 6.45) is 0.749. The number of aromatic nitrogens is 1. The summed E-state index contributed by atoms with van der Waals surface area (Å²) in [6, 6.07) is 15.7. The number of rotatable bonds is 5. The molecule has 6 nitrogen and oxygen atoms in total. The molecule has 0 atom stereocenters. The summed E-state index contributed by atoms with van der Waals surface area (Å²) in [5.41, 5.74) is 2.29. The van der Waals surface area contributed by atoms with Gasteiger partial charge in [0.25, 0.3) is 11.6 Å². The Balaban J connectivity index is 0.00000300. The summed E-state index contributed by atoms with van der Waals surface area (Å²) in [7, 11) is 0. The van der Waals surface area contributed by atoms with Crippen molar-refractivity contribution in [2.75, 3.05) is 5.32 Å². The summed E-state index contributed by atoms with van der Waals surface area (Å²) in [4.78, 5) is 28.5. The maximum absolute atomic E-state index is 12.5. The van der Waals surface area contributed by atoms with Gasteiger partial charge >= 0.3 is 0 Å². The van der Waals surface area contributed by atoms with Crippen molar-refractivity contribution in [2.24, 2.45) is 0 Å². The molecule has 0 saturated heterocycles. The molecule has 0 fully saturated rings. The molecular weight excluding hydrogens is 454 g/mol. The fourth-order valence-corrected chi connectivity index (χ4v) is 4.00. The van der Waals surface area contributed by atoms with Crippen molar-refractivity contribution < 1.29 is 9.72 Å². The van der Waals surface area contributed by atoms with E-state index in [-0.39, 0.29) is 34.0 Å². The Bertz CT molecular complexity index is 996. The van der Waals surface area contributed by atoms with Crippen molar-refractivity contribution in [1.82, 2.24) is 4.98 Å². The largest absolute Gasteiger partial charge is 0.298 e. The highest BCUT2D eigenvalue weighted by Gasteiger charge is 2.24. The van der Waals surface area contributed by atoms with E-state index in [0.29, 0.717) is 10.7 Å². The molecule has 0 saturated carbocycles. The number of nitrogens with one attached hydrogen (secondary N) is 1. The van der Waals surface area contributed by atoms with Crippen molar-refractivity contribution in [3.05, 3.63) is 86.4 Å². The number of nitro groups is 1. The van der Waals surface area contributed by atoms with Crippen LogP contribution in [0.15, 0.2) is 54.6 Å². The third-order valence-electron chi connectivity index (χ3n) is 4.18. The molecule has 152 valence electrons. The Kier molecular flexibility index (Phi) is 7.26. The number of hydrogen-bond acceptors (Lipinski definition) is 5. The summed E-state index contributed by atoms with van der Waals surface area (Å²) in [5.74, 6) is -0.338. The average molecular weight is 476 g/mol. The van der Waals surface area contributed by atoms with Crippen LogP contribution >= 0.6 is 28.3 Å². The topological polar surface area (TPSA) is 85.1 Å². The lowest BCUT2D eigenvalue weighted by atomic mass is 9.90. The lowest BCUT2D eigenvalue weighted by Gasteiger charge is -2.17. The molecule has 0 bridgehead atoms. The SMILES string of the molecule is Br.CC(C)(C)c1nc(NC(=O)c2ccc([N+](=O)[O-])cc2)sc1Cc1ccccc1. The van der Waals surface area contributed by atoms with Crippen LogP contribution in [0.3, 0.4) is 0 Å². The molecule has 3 rings (SSSR count). The number of nitrogens with zero attached hydrogens (tertiary/aromatic N) is 2. The minimum atomic E-state index is -0.492. The number of carbonyl (C=O) groups is 1. The van der Waals surface area contributed by atoms with Crippen LogP contribution in [0.1, 0.15) is 47.3 Å². The van der Waals surface area contributed by atoms with E-state index in [1.807, 2.05) is 18.2 Å². The first kappa shape index (κ1) is 22.7. The lowest BCUT2D eigenvalue weighted by molar-refractivity contribution is -0.384. The van der Waals surface area contributed by atoms with Gasteiger partial charge in [0.2, 0.25) is 0 Å². The first-order chi connectivity index (χ1) is 13.2. The molecule has 2 aromatic carbocycles. The van der Waals surface area contributed by atoms with Gasteiger partial charge in [0.15, 0.2) is 5.13 Å². The van der Waals surface area contributed by atoms with E-state index in [4.69, 9.17) is 0 Å². The van der Waals surface area contributed by atoms with Crippen LogP contribution in [-0.4, -0.2) is 15.8 Å². The van der Waals surface area contributed by atoms with Gasteiger partial charge < -0.3 is 0 Å². The predicted octanol–water partition coefficient (Wildman–Crippen LogP) is 5.77. The summed E-state index contributed by atoms with van der Waals surface area (Å²) < 4.78 is 0. The Morgan fingerprint density at radius 1 is 1.10 bits per heavy atom. The van der Waals surface area contributed by atoms with Crippen LogP contribution in [0, 0.1) is 10.1 Å². The fraction of sp³-hybridized carbons (Fsp3) is 0.238. The smallest absolute Gasteiger partial charge is 0.269 e. The van der Waals surface area contributed by atoms with E-state index >= 15 is 0 Å². The molecule has 1 N–H and O–H groups in total. The van der Waals surface area contributed by atoms with Crippen LogP contribution in [0.5, 0.6) is 0 Å². The zero-order valence-electron chi connectivity index (χ0n) is 16.3. The molecule has 1 heterocycles. The van der Waals surface area contributed by atoms with Gasteiger partial charge in [-0.3, -0.25) is 20.2 Å².